The number of benzene rings is 1. The fraction of sp³-hybridized carbons (Fsp3) is 0.467. The molecule has 1 rings (SSSR count). The Morgan fingerprint density at radius 2 is 2.05 bits per heavy atom. The van der Waals surface area contributed by atoms with Crippen molar-refractivity contribution in [1.82, 2.24) is 0 Å². The van der Waals surface area contributed by atoms with Gasteiger partial charge in [0.1, 0.15) is 4.99 Å². The fourth-order valence-electron chi connectivity index (χ4n) is 1.74. The lowest BCUT2D eigenvalue weighted by atomic mass is 10.1. The topological polar surface area (TPSA) is 64.3 Å². The second-order valence-corrected chi connectivity index (χ2v) is 4.97. The van der Waals surface area contributed by atoms with Crippen LogP contribution in [0.4, 0.5) is 5.69 Å². The van der Waals surface area contributed by atoms with E-state index in [1.54, 1.807) is 12.1 Å². The third-order valence-corrected chi connectivity index (χ3v) is 3.05. The average Bonchev–Trinajstić information content (AvgIpc) is 2.43. The summed E-state index contributed by atoms with van der Waals surface area (Å²) in [7, 11) is 0. The van der Waals surface area contributed by atoms with Gasteiger partial charge in [0.2, 0.25) is 5.91 Å². The summed E-state index contributed by atoms with van der Waals surface area (Å²) < 4.78 is 5.41. The minimum Gasteiger partial charge on any atom is -0.389 e. The van der Waals surface area contributed by atoms with E-state index in [9.17, 15) is 4.79 Å². The zero-order valence-corrected chi connectivity index (χ0v) is 12.7. The van der Waals surface area contributed by atoms with Crippen molar-refractivity contribution in [3.05, 3.63) is 29.8 Å². The van der Waals surface area contributed by atoms with Gasteiger partial charge in [0.15, 0.2) is 0 Å². The van der Waals surface area contributed by atoms with Crippen molar-refractivity contribution < 1.29 is 9.53 Å². The van der Waals surface area contributed by atoms with E-state index in [1.807, 2.05) is 12.1 Å². The van der Waals surface area contributed by atoms with Crippen LogP contribution >= 0.6 is 12.2 Å². The second kappa shape index (κ2) is 9.44. The van der Waals surface area contributed by atoms with Crippen LogP contribution in [0.5, 0.6) is 0 Å². The van der Waals surface area contributed by atoms with Gasteiger partial charge in [0, 0.05) is 12.2 Å². The van der Waals surface area contributed by atoms with E-state index in [4.69, 9.17) is 22.7 Å². The average molecular weight is 294 g/mol. The molecule has 0 saturated carbocycles. The van der Waals surface area contributed by atoms with E-state index < -0.39 is 0 Å². The number of anilines is 1. The molecule has 110 valence electrons. The maximum absolute atomic E-state index is 11.8. The Labute approximate surface area is 125 Å². The number of carbonyl (C=O) groups is 1. The Morgan fingerprint density at radius 3 is 2.75 bits per heavy atom. The molecule has 1 amide bonds. The highest BCUT2D eigenvalue weighted by molar-refractivity contribution is 7.80. The quantitative estimate of drug-likeness (QED) is 0.543. The van der Waals surface area contributed by atoms with Crippen molar-refractivity contribution in [2.75, 3.05) is 18.5 Å². The molecule has 1 aromatic carbocycles. The molecule has 0 aromatic heterocycles. The summed E-state index contributed by atoms with van der Waals surface area (Å²) >= 11 is 4.95. The molecular weight excluding hydrogens is 272 g/mol. The van der Waals surface area contributed by atoms with Gasteiger partial charge in [-0.1, -0.05) is 44.1 Å². The van der Waals surface area contributed by atoms with Crippen molar-refractivity contribution >= 4 is 28.8 Å². The normalized spacial score (nSPS) is 10.2. The molecule has 3 N–H and O–H groups in total. The van der Waals surface area contributed by atoms with Gasteiger partial charge in [-0.15, -0.1) is 0 Å². The van der Waals surface area contributed by atoms with E-state index in [-0.39, 0.29) is 10.9 Å². The minimum absolute atomic E-state index is 0.0933. The van der Waals surface area contributed by atoms with Gasteiger partial charge in [-0.2, -0.15) is 0 Å². The standard InChI is InChI=1S/C15H22N2O2S/c1-2-3-6-10-19-11-9-14(18)17-13-8-5-4-7-12(13)15(16)20/h4-5,7-8H,2-3,6,9-11H2,1H3,(H2,16,20)(H,17,18). The Balaban J connectivity index is 2.34. The molecule has 20 heavy (non-hydrogen) atoms. The Hall–Kier alpha value is -1.46. The van der Waals surface area contributed by atoms with Gasteiger partial charge < -0.3 is 15.8 Å². The first-order valence-corrected chi connectivity index (χ1v) is 7.32. The summed E-state index contributed by atoms with van der Waals surface area (Å²) in [4.78, 5) is 12.1. The lowest BCUT2D eigenvalue weighted by Gasteiger charge is -2.10. The highest BCUT2D eigenvalue weighted by Gasteiger charge is 2.07. The van der Waals surface area contributed by atoms with Gasteiger partial charge in [0.05, 0.1) is 18.7 Å². The molecule has 0 aliphatic carbocycles. The molecule has 0 saturated heterocycles. The molecule has 1 aromatic rings. The lowest BCUT2D eigenvalue weighted by Crippen LogP contribution is -2.18. The smallest absolute Gasteiger partial charge is 0.226 e. The van der Waals surface area contributed by atoms with Crippen LogP contribution in [0.1, 0.15) is 38.2 Å². The minimum atomic E-state index is -0.0933. The molecule has 0 aliphatic rings. The van der Waals surface area contributed by atoms with Crippen molar-refractivity contribution in [2.24, 2.45) is 5.73 Å². The Kier molecular flexibility index (Phi) is 7.84. The van der Waals surface area contributed by atoms with Crippen molar-refractivity contribution in [3.8, 4) is 0 Å². The number of para-hydroxylation sites is 1. The second-order valence-electron chi connectivity index (χ2n) is 4.53. The summed E-state index contributed by atoms with van der Waals surface area (Å²) in [6, 6.07) is 7.24. The van der Waals surface area contributed by atoms with E-state index in [2.05, 4.69) is 12.2 Å². The van der Waals surface area contributed by atoms with E-state index >= 15 is 0 Å². The molecule has 0 atom stereocenters. The molecule has 0 heterocycles. The largest absolute Gasteiger partial charge is 0.389 e. The highest BCUT2D eigenvalue weighted by atomic mass is 32.1. The van der Waals surface area contributed by atoms with E-state index in [0.29, 0.717) is 30.9 Å². The van der Waals surface area contributed by atoms with Crippen LogP contribution in [-0.2, 0) is 9.53 Å². The summed E-state index contributed by atoms with van der Waals surface area (Å²) in [6.45, 7) is 3.29. The van der Waals surface area contributed by atoms with Gasteiger partial charge in [-0.05, 0) is 18.6 Å². The van der Waals surface area contributed by atoms with Crippen LogP contribution in [0.15, 0.2) is 24.3 Å². The molecule has 0 bridgehead atoms. The predicted octanol–water partition coefficient (Wildman–Crippen LogP) is 2.86. The van der Waals surface area contributed by atoms with Crippen LogP contribution in [0.25, 0.3) is 0 Å². The molecule has 5 heteroatoms. The zero-order chi connectivity index (χ0) is 14.8. The van der Waals surface area contributed by atoms with Crippen LogP contribution in [0.3, 0.4) is 0 Å². The Bertz CT molecular complexity index is 449. The summed E-state index contributed by atoms with van der Waals surface area (Å²) in [6.07, 6.45) is 3.70. The first kappa shape index (κ1) is 16.6. The molecular formula is C15H22N2O2S. The zero-order valence-electron chi connectivity index (χ0n) is 11.9. The van der Waals surface area contributed by atoms with Crippen LogP contribution in [-0.4, -0.2) is 24.1 Å². The molecule has 0 spiro atoms. The maximum atomic E-state index is 11.8. The third kappa shape index (κ3) is 6.12. The number of thiocarbonyl (C=S) groups is 1. The third-order valence-electron chi connectivity index (χ3n) is 2.83. The number of nitrogens with one attached hydrogen (secondary N) is 1. The van der Waals surface area contributed by atoms with Crippen molar-refractivity contribution in [3.63, 3.8) is 0 Å². The molecule has 0 fully saturated rings. The highest BCUT2D eigenvalue weighted by Crippen LogP contribution is 2.14. The Morgan fingerprint density at radius 1 is 1.30 bits per heavy atom. The van der Waals surface area contributed by atoms with Gasteiger partial charge in [0.25, 0.3) is 0 Å². The monoisotopic (exact) mass is 294 g/mol. The van der Waals surface area contributed by atoms with Crippen LogP contribution in [0, 0.1) is 0 Å². The molecule has 4 nitrogen and oxygen atoms in total. The lowest BCUT2D eigenvalue weighted by molar-refractivity contribution is -0.117. The number of amides is 1. The predicted molar refractivity (Wildman–Crippen MR) is 85.9 cm³/mol. The van der Waals surface area contributed by atoms with Crippen LogP contribution in [0.2, 0.25) is 0 Å². The number of nitrogens with two attached hydrogens (primary N) is 1. The fourth-order valence-corrected chi connectivity index (χ4v) is 1.92. The van der Waals surface area contributed by atoms with Crippen LogP contribution < -0.4 is 11.1 Å². The number of unbranched alkanes of at least 4 members (excludes halogenated alkanes) is 2. The number of hydrogen-bond donors (Lipinski definition) is 2. The van der Waals surface area contributed by atoms with E-state index in [0.717, 1.165) is 12.8 Å². The van der Waals surface area contributed by atoms with Crippen molar-refractivity contribution in [2.45, 2.75) is 32.6 Å². The summed E-state index contributed by atoms with van der Waals surface area (Å²) in [5, 5.41) is 2.81. The molecule has 0 aliphatic heterocycles. The van der Waals surface area contributed by atoms with Gasteiger partial charge in [-0.25, -0.2) is 0 Å². The van der Waals surface area contributed by atoms with Gasteiger partial charge in [-0.3, -0.25) is 4.79 Å². The number of rotatable bonds is 9. The molecule has 0 radical (unpaired) electrons. The SMILES string of the molecule is CCCCCOCCC(=O)Nc1ccccc1C(N)=S. The number of ether oxygens (including phenoxy) is 1. The van der Waals surface area contributed by atoms with Crippen molar-refractivity contribution in [1.29, 1.82) is 0 Å². The van der Waals surface area contributed by atoms with Gasteiger partial charge >= 0.3 is 0 Å². The summed E-state index contributed by atoms with van der Waals surface area (Å²) in [5.74, 6) is -0.0933. The van der Waals surface area contributed by atoms with E-state index in [1.165, 1.54) is 6.42 Å². The molecule has 0 unspecified atom stereocenters. The maximum Gasteiger partial charge on any atom is 0.226 e. The number of hydrogen-bond acceptors (Lipinski definition) is 3. The first-order chi connectivity index (χ1) is 9.65. The number of carbonyl (C=O) groups excluding carboxylic acids is 1. The summed E-state index contributed by atoms with van der Waals surface area (Å²) in [5.41, 5.74) is 6.94. The first-order valence-electron chi connectivity index (χ1n) is 6.91.